The maximum absolute atomic E-state index is 13.6. The van der Waals surface area contributed by atoms with E-state index in [0.717, 1.165) is 24.1 Å². The number of hydrogen-bond donors (Lipinski definition) is 2. The molecule has 2 heterocycles. The molecule has 2 aromatic carbocycles. The Bertz CT molecular complexity index is 1180. The van der Waals surface area contributed by atoms with Crippen LogP contribution in [0.15, 0.2) is 72.9 Å². The molecule has 3 amide bonds. The van der Waals surface area contributed by atoms with E-state index in [1.165, 1.54) is 6.92 Å². The first-order valence-corrected chi connectivity index (χ1v) is 12.1. The van der Waals surface area contributed by atoms with Crippen molar-refractivity contribution >= 4 is 23.4 Å². The number of carbonyl (C=O) groups is 3. The monoisotopic (exact) mass is 486 g/mol. The number of nitrogens with one attached hydrogen (secondary N) is 2. The van der Waals surface area contributed by atoms with E-state index in [9.17, 15) is 14.4 Å². The molecule has 4 rings (SSSR count). The van der Waals surface area contributed by atoms with E-state index in [4.69, 9.17) is 4.74 Å². The zero-order valence-corrected chi connectivity index (χ0v) is 20.3. The second-order valence-corrected chi connectivity index (χ2v) is 8.75. The van der Waals surface area contributed by atoms with Gasteiger partial charge < -0.3 is 20.3 Å². The first-order chi connectivity index (χ1) is 17.5. The van der Waals surface area contributed by atoms with Gasteiger partial charge in [0, 0.05) is 37.5 Å². The van der Waals surface area contributed by atoms with Gasteiger partial charge in [-0.15, -0.1) is 0 Å². The fraction of sp³-hybridized carbons (Fsp3) is 0.286. The molecule has 0 saturated carbocycles. The standard InChI is InChI=1S/C28H30N4O4/c1-20(33)31-23-12-10-22(11-13-23)28(35)32(26-7-3-5-17-30-27(26)34)18-21-8-14-25(15-9-21)36-19-24-6-2-4-16-29-24/h2,4,6,8-16,26H,3,5,7,17-19H2,1H3,(H,30,34)(H,31,33)/t26-/m0/s1. The maximum Gasteiger partial charge on any atom is 0.254 e. The van der Waals surface area contributed by atoms with Crippen molar-refractivity contribution in [1.82, 2.24) is 15.2 Å². The van der Waals surface area contributed by atoms with E-state index in [-0.39, 0.29) is 24.3 Å². The number of carbonyl (C=O) groups excluding carboxylic acids is 3. The average molecular weight is 487 g/mol. The summed E-state index contributed by atoms with van der Waals surface area (Å²) >= 11 is 0. The van der Waals surface area contributed by atoms with E-state index in [1.807, 2.05) is 42.5 Å². The van der Waals surface area contributed by atoms with Gasteiger partial charge in [0.1, 0.15) is 18.4 Å². The van der Waals surface area contributed by atoms with Crippen LogP contribution in [0.5, 0.6) is 5.75 Å². The Labute approximate surface area is 210 Å². The molecular formula is C28H30N4O4. The van der Waals surface area contributed by atoms with Gasteiger partial charge in [-0.2, -0.15) is 0 Å². The molecule has 2 N–H and O–H groups in total. The van der Waals surface area contributed by atoms with Crippen LogP contribution in [-0.4, -0.2) is 40.2 Å². The molecule has 36 heavy (non-hydrogen) atoms. The quantitative estimate of drug-likeness (QED) is 0.503. The smallest absolute Gasteiger partial charge is 0.254 e. The number of rotatable bonds is 8. The van der Waals surface area contributed by atoms with Crippen molar-refractivity contribution in [3.05, 3.63) is 89.7 Å². The van der Waals surface area contributed by atoms with E-state index >= 15 is 0 Å². The van der Waals surface area contributed by atoms with E-state index in [1.54, 1.807) is 35.4 Å². The van der Waals surface area contributed by atoms with Crippen LogP contribution in [0.3, 0.4) is 0 Å². The molecular weight excluding hydrogens is 456 g/mol. The van der Waals surface area contributed by atoms with Crippen LogP contribution in [0.1, 0.15) is 47.8 Å². The molecule has 0 spiro atoms. The molecule has 8 heteroatoms. The van der Waals surface area contributed by atoms with Crippen molar-refractivity contribution in [3.63, 3.8) is 0 Å². The number of aromatic nitrogens is 1. The lowest BCUT2D eigenvalue weighted by atomic mass is 10.0. The first-order valence-electron chi connectivity index (χ1n) is 12.1. The Kier molecular flexibility index (Phi) is 8.28. The van der Waals surface area contributed by atoms with Crippen molar-refractivity contribution in [2.24, 2.45) is 0 Å². The number of hydrogen-bond acceptors (Lipinski definition) is 5. The average Bonchev–Trinajstić information content (AvgIpc) is 3.11. The lowest BCUT2D eigenvalue weighted by Crippen LogP contribution is -2.48. The number of anilines is 1. The summed E-state index contributed by atoms with van der Waals surface area (Å²) in [7, 11) is 0. The van der Waals surface area contributed by atoms with Gasteiger partial charge >= 0.3 is 0 Å². The Hall–Kier alpha value is -4.20. The fourth-order valence-electron chi connectivity index (χ4n) is 4.14. The van der Waals surface area contributed by atoms with Crippen molar-refractivity contribution < 1.29 is 19.1 Å². The predicted molar refractivity (Wildman–Crippen MR) is 136 cm³/mol. The number of benzene rings is 2. The van der Waals surface area contributed by atoms with Crippen LogP contribution in [0.2, 0.25) is 0 Å². The van der Waals surface area contributed by atoms with Crippen molar-refractivity contribution in [1.29, 1.82) is 0 Å². The van der Waals surface area contributed by atoms with Crippen LogP contribution in [0, 0.1) is 0 Å². The Balaban J connectivity index is 1.51. The third-order valence-corrected chi connectivity index (χ3v) is 5.98. The van der Waals surface area contributed by atoms with Crippen molar-refractivity contribution in [3.8, 4) is 5.75 Å². The highest BCUT2D eigenvalue weighted by Gasteiger charge is 2.31. The van der Waals surface area contributed by atoms with Crippen LogP contribution in [-0.2, 0) is 22.7 Å². The van der Waals surface area contributed by atoms with Gasteiger partial charge in [0.2, 0.25) is 11.8 Å². The summed E-state index contributed by atoms with van der Waals surface area (Å²) in [5.74, 6) is 0.147. The van der Waals surface area contributed by atoms with Gasteiger partial charge in [0.15, 0.2) is 0 Å². The highest BCUT2D eigenvalue weighted by molar-refractivity contribution is 5.98. The minimum atomic E-state index is -0.560. The molecule has 1 aliphatic rings. The molecule has 1 aromatic heterocycles. The summed E-state index contributed by atoms with van der Waals surface area (Å²) in [6.45, 7) is 2.69. The molecule has 0 bridgehead atoms. The topological polar surface area (TPSA) is 101 Å². The van der Waals surface area contributed by atoms with Gasteiger partial charge in [-0.25, -0.2) is 0 Å². The molecule has 3 aromatic rings. The van der Waals surface area contributed by atoms with Crippen LogP contribution >= 0.6 is 0 Å². The van der Waals surface area contributed by atoms with Crippen molar-refractivity contribution in [2.75, 3.05) is 11.9 Å². The molecule has 1 aliphatic heterocycles. The first kappa shape index (κ1) is 24.9. The normalized spacial score (nSPS) is 15.4. The molecule has 1 saturated heterocycles. The summed E-state index contributed by atoms with van der Waals surface area (Å²) < 4.78 is 5.82. The minimum absolute atomic E-state index is 0.133. The Morgan fingerprint density at radius 3 is 2.53 bits per heavy atom. The minimum Gasteiger partial charge on any atom is -0.487 e. The largest absolute Gasteiger partial charge is 0.487 e. The maximum atomic E-state index is 13.6. The van der Waals surface area contributed by atoms with Gasteiger partial charge in [-0.1, -0.05) is 18.2 Å². The summed E-state index contributed by atoms with van der Waals surface area (Å²) in [6, 6.07) is 19.4. The molecule has 8 nitrogen and oxygen atoms in total. The highest BCUT2D eigenvalue weighted by Crippen LogP contribution is 2.22. The Morgan fingerprint density at radius 1 is 1.06 bits per heavy atom. The van der Waals surface area contributed by atoms with E-state index in [0.29, 0.717) is 36.6 Å². The SMILES string of the molecule is CC(=O)Nc1ccc(C(=O)N(Cc2ccc(OCc3ccccn3)cc2)[C@H]2CCCCNC2=O)cc1. The number of pyridine rings is 1. The number of amides is 3. The number of ether oxygens (including phenoxy) is 1. The second-order valence-electron chi connectivity index (χ2n) is 8.75. The fourth-order valence-corrected chi connectivity index (χ4v) is 4.14. The van der Waals surface area contributed by atoms with Gasteiger partial charge in [0.25, 0.3) is 5.91 Å². The van der Waals surface area contributed by atoms with E-state index in [2.05, 4.69) is 15.6 Å². The molecule has 0 aliphatic carbocycles. The second kappa shape index (κ2) is 12.0. The summed E-state index contributed by atoms with van der Waals surface area (Å²) in [5.41, 5.74) is 2.79. The van der Waals surface area contributed by atoms with E-state index < -0.39 is 6.04 Å². The van der Waals surface area contributed by atoms with Gasteiger partial charge in [-0.3, -0.25) is 19.4 Å². The third kappa shape index (κ3) is 6.69. The lowest BCUT2D eigenvalue weighted by molar-refractivity contribution is -0.125. The highest BCUT2D eigenvalue weighted by atomic mass is 16.5. The summed E-state index contributed by atoms with van der Waals surface area (Å²) in [5, 5.41) is 5.63. The van der Waals surface area contributed by atoms with Crippen molar-refractivity contribution in [2.45, 2.75) is 45.4 Å². The molecule has 0 radical (unpaired) electrons. The summed E-state index contributed by atoms with van der Waals surface area (Å²) in [4.78, 5) is 43.7. The Morgan fingerprint density at radius 2 is 1.83 bits per heavy atom. The van der Waals surface area contributed by atoms with Gasteiger partial charge in [0.05, 0.1) is 5.69 Å². The molecule has 1 fully saturated rings. The van der Waals surface area contributed by atoms with Gasteiger partial charge in [-0.05, 0) is 73.4 Å². The zero-order chi connectivity index (χ0) is 25.3. The third-order valence-electron chi connectivity index (χ3n) is 5.98. The predicted octanol–water partition coefficient (Wildman–Crippen LogP) is 3.93. The number of nitrogens with zero attached hydrogens (tertiary/aromatic N) is 2. The summed E-state index contributed by atoms with van der Waals surface area (Å²) in [6.07, 6.45) is 4.07. The van der Waals surface area contributed by atoms with Crippen LogP contribution in [0.4, 0.5) is 5.69 Å². The molecule has 0 unspecified atom stereocenters. The lowest BCUT2D eigenvalue weighted by Gasteiger charge is -2.30. The van der Waals surface area contributed by atoms with Crippen LogP contribution in [0.25, 0.3) is 0 Å². The zero-order valence-electron chi connectivity index (χ0n) is 20.3. The molecule has 186 valence electrons. The van der Waals surface area contributed by atoms with Crippen LogP contribution < -0.4 is 15.4 Å². The molecule has 1 atom stereocenters.